The van der Waals surface area contributed by atoms with Crippen molar-refractivity contribution in [3.8, 4) is 0 Å². The number of carbonyl (C=O) groups is 1. The molecule has 11 nitrogen and oxygen atoms in total. The lowest BCUT2D eigenvalue weighted by Crippen LogP contribution is -2.81. The molecule has 6 aliphatic rings. The molecule has 1 aromatic carbocycles. The second-order valence-electron chi connectivity index (χ2n) is 13.9. The summed E-state index contributed by atoms with van der Waals surface area (Å²) in [5, 5.41) is 49.7. The number of likely N-dealkylation sites (tertiary alicyclic amines) is 1. The monoisotopic (exact) mass is 603 g/mol. The van der Waals surface area contributed by atoms with E-state index in [1.54, 1.807) is 51.7 Å². The lowest BCUT2D eigenvalue weighted by Gasteiger charge is -2.70. The maximum absolute atomic E-state index is 13.6. The van der Waals surface area contributed by atoms with Crippen LogP contribution in [0.2, 0.25) is 0 Å². The van der Waals surface area contributed by atoms with Gasteiger partial charge in [0, 0.05) is 76.0 Å². The van der Waals surface area contributed by atoms with Crippen LogP contribution >= 0.6 is 0 Å². The van der Waals surface area contributed by atoms with E-state index in [0.717, 1.165) is 0 Å². The van der Waals surface area contributed by atoms with E-state index in [4.69, 9.17) is 23.7 Å². The normalized spacial score (nSPS) is 52.7. The first-order valence-corrected chi connectivity index (χ1v) is 15.5. The largest absolute Gasteiger partial charge is 0.455 e. The van der Waals surface area contributed by atoms with E-state index < -0.39 is 82.4 Å². The smallest absolute Gasteiger partial charge is 0.338 e. The summed E-state index contributed by atoms with van der Waals surface area (Å²) in [6.07, 6.45) is -5.27. The molecule has 7 rings (SSSR count). The van der Waals surface area contributed by atoms with Crippen molar-refractivity contribution < 1.29 is 48.9 Å². The topological polar surface area (TPSA) is 147 Å². The summed E-state index contributed by atoms with van der Waals surface area (Å²) in [6.45, 7) is 3.46. The number of hydrogen-bond donors (Lipinski definition) is 4. The maximum Gasteiger partial charge on any atom is 0.338 e. The molecule has 6 fully saturated rings. The van der Waals surface area contributed by atoms with Crippen LogP contribution in [0, 0.1) is 34.5 Å². The molecule has 5 aliphatic carbocycles. The van der Waals surface area contributed by atoms with Gasteiger partial charge in [0.1, 0.15) is 29.5 Å². The average molecular weight is 604 g/mol. The Kier molecular flexibility index (Phi) is 6.92. The fourth-order valence-corrected chi connectivity index (χ4v) is 11.9. The van der Waals surface area contributed by atoms with Crippen molar-refractivity contribution in [2.75, 3.05) is 48.1 Å². The number of carbonyl (C=O) groups excluding carboxylic acids is 1. The predicted molar refractivity (Wildman–Crippen MR) is 151 cm³/mol. The highest BCUT2D eigenvalue weighted by Crippen LogP contribution is 2.80. The average Bonchev–Trinajstić information content (AvgIpc) is 3.39. The van der Waals surface area contributed by atoms with E-state index in [1.165, 1.54) is 7.11 Å². The Morgan fingerprint density at radius 1 is 1.00 bits per heavy atom. The SMILES string of the molecule is CCN1C[C@]2(COC)[C@H](O)C[C@@H](OC)[C@@]34[C@@H]5C[C@]6(O)[C@@H](OC(=O)c7ccccc7)[C@H]5[C@](O)([C@@H]([C@H](OC)[C@@H]23)[C@@H]14)[C@@H](O)[C@@H]6OC. The summed E-state index contributed by atoms with van der Waals surface area (Å²) >= 11 is 0. The lowest BCUT2D eigenvalue weighted by atomic mass is 9.42. The fraction of sp³-hybridized carbons (Fsp3) is 0.781. The number of aliphatic hydroxyl groups is 4. The number of nitrogens with zero attached hydrogens (tertiary/aromatic N) is 1. The zero-order valence-corrected chi connectivity index (χ0v) is 25.5. The molecule has 0 radical (unpaired) electrons. The molecule has 1 aliphatic heterocycles. The zero-order chi connectivity index (χ0) is 30.7. The van der Waals surface area contributed by atoms with Crippen LogP contribution in [0.1, 0.15) is 30.1 Å². The number of rotatable bonds is 8. The fourth-order valence-electron chi connectivity index (χ4n) is 11.9. The van der Waals surface area contributed by atoms with Crippen LogP contribution in [0.4, 0.5) is 0 Å². The van der Waals surface area contributed by atoms with Gasteiger partial charge in [0.05, 0.1) is 30.5 Å². The molecule has 1 spiro atoms. The minimum absolute atomic E-state index is 0.106. The van der Waals surface area contributed by atoms with E-state index in [9.17, 15) is 25.2 Å². The van der Waals surface area contributed by atoms with Gasteiger partial charge in [0.2, 0.25) is 0 Å². The Morgan fingerprint density at radius 2 is 1.72 bits per heavy atom. The highest BCUT2D eigenvalue weighted by atomic mass is 16.6. The number of piperidine rings is 1. The first kappa shape index (κ1) is 30.0. The summed E-state index contributed by atoms with van der Waals surface area (Å²) in [5.41, 5.74) is -4.81. The number of aliphatic hydroxyl groups excluding tert-OH is 2. The molecule has 11 heteroatoms. The van der Waals surface area contributed by atoms with Crippen molar-refractivity contribution in [3.05, 3.63) is 35.9 Å². The zero-order valence-electron chi connectivity index (χ0n) is 25.5. The molecule has 5 saturated carbocycles. The third-order valence-electron chi connectivity index (χ3n) is 12.9. The summed E-state index contributed by atoms with van der Waals surface area (Å²) < 4.78 is 30.5. The quantitative estimate of drug-likeness (QED) is 0.300. The van der Waals surface area contributed by atoms with Crippen LogP contribution in [0.3, 0.4) is 0 Å². The molecule has 238 valence electrons. The molecular weight excluding hydrogens is 558 g/mol. The predicted octanol–water partition coefficient (Wildman–Crippen LogP) is 0.0773. The van der Waals surface area contributed by atoms with Gasteiger partial charge in [-0.3, -0.25) is 4.90 Å². The van der Waals surface area contributed by atoms with E-state index in [0.29, 0.717) is 25.1 Å². The van der Waals surface area contributed by atoms with Gasteiger partial charge in [-0.15, -0.1) is 0 Å². The molecule has 0 unspecified atom stereocenters. The number of esters is 1. The van der Waals surface area contributed by atoms with Crippen molar-refractivity contribution in [2.45, 2.75) is 73.6 Å². The third-order valence-corrected chi connectivity index (χ3v) is 12.9. The van der Waals surface area contributed by atoms with Gasteiger partial charge in [-0.2, -0.15) is 0 Å². The molecule has 1 saturated heterocycles. The molecule has 0 amide bonds. The second kappa shape index (κ2) is 9.91. The van der Waals surface area contributed by atoms with E-state index >= 15 is 0 Å². The molecule has 0 aromatic heterocycles. The van der Waals surface area contributed by atoms with Gasteiger partial charge >= 0.3 is 5.97 Å². The van der Waals surface area contributed by atoms with Gasteiger partial charge < -0.3 is 44.1 Å². The van der Waals surface area contributed by atoms with Crippen molar-refractivity contribution in [2.24, 2.45) is 34.5 Å². The molecule has 43 heavy (non-hydrogen) atoms. The first-order chi connectivity index (χ1) is 20.6. The van der Waals surface area contributed by atoms with Crippen molar-refractivity contribution >= 4 is 5.97 Å². The summed E-state index contributed by atoms with van der Waals surface area (Å²) in [7, 11) is 6.29. The number of benzene rings is 1. The Hall–Kier alpha value is -1.67. The van der Waals surface area contributed by atoms with Crippen molar-refractivity contribution in [3.63, 3.8) is 0 Å². The Morgan fingerprint density at radius 3 is 2.33 bits per heavy atom. The van der Waals surface area contributed by atoms with Gasteiger partial charge in [0.25, 0.3) is 0 Å². The Balaban J connectivity index is 1.48. The molecule has 1 heterocycles. The lowest BCUT2D eigenvalue weighted by molar-refractivity contribution is -0.320. The third kappa shape index (κ3) is 3.28. The van der Waals surface area contributed by atoms with Crippen molar-refractivity contribution in [1.82, 2.24) is 4.90 Å². The highest BCUT2D eigenvalue weighted by Gasteiger charge is 2.91. The number of ether oxygens (including phenoxy) is 5. The number of hydrogen-bond acceptors (Lipinski definition) is 11. The van der Waals surface area contributed by atoms with Crippen LogP contribution in [-0.2, 0) is 23.7 Å². The van der Waals surface area contributed by atoms with Crippen LogP contribution in [0.25, 0.3) is 0 Å². The summed E-state index contributed by atoms with van der Waals surface area (Å²) in [4.78, 5) is 15.8. The molecule has 15 atom stereocenters. The number of fused-ring (bicyclic) bond motifs is 2. The number of methoxy groups -OCH3 is 4. The van der Waals surface area contributed by atoms with Gasteiger partial charge in [-0.25, -0.2) is 4.79 Å². The minimum atomic E-state index is -1.86. The second-order valence-corrected chi connectivity index (χ2v) is 13.9. The first-order valence-electron chi connectivity index (χ1n) is 15.5. The summed E-state index contributed by atoms with van der Waals surface area (Å²) in [5.74, 6) is -2.94. The van der Waals surface area contributed by atoms with Crippen LogP contribution < -0.4 is 0 Å². The van der Waals surface area contributed by atoms with E-state index in [-0.39, 0.29) is 25.0 Å². The van der Waals surface area contributed by atoms with Crippen molar-refractivity contribution in [1.29, 1.82) is 0 Å². The van der Waals surface area contributed by atoms with Crippen LogP contribution in [0.15, 0.2) is 30.3 Å². The van der Waals surface area contributed by atoms with Gasteiger partial charge in [-0.05, 0) is 31.0 Å². The molecule has 7 bridgehead atoms. The highest BCUT2D eigenvalue weighted by molar-refractivity contribution is 5.89. The van der Waals surface area contributed by atoms with E-state index in [1.807, 2.05) is 0 Å². The van der Waals surface area contributed by atoms with E-state index in [2.05, 4.69) is 11.8 Å². The summed E-state index contributed by atoms with van der Waals surface area (Å²) in [6, 6.07) is 8.25. The Bertz CT molecular complexity index is 1250. The molecular formula is C32H45NO10. The van der Waals surface area contributed by atoms with Gasteiger partial charge in [-0.1, -0.05) is 25.1 Å². The standard InChI is InChI=1S/C32H45NO10/c1-6-33-14-29(15-39-2)18(34)12-19(40-3)31-17-13-30(37)26(43-28(36)16-10-8-7-9-11-16)20(17)32(38,25(35)27(30)42-5)21(24(31)33)22(41-4)23(29)31/h7-11,17-27,34-35,37-38H,6,12-15H2,1-5H3/t17-,18-,19-,20+,21+,22+,23+,24-,25+,26+,27+,29+,30+,31+,32+/m1/s1. The molecule has 4 N–H and O–H groups in total. The molecule has 1 aromatic rings. The Labute approximate surface area is 252 Å². The van der Waals surface area contributed by atoms with Crippen LogP contribution in [0.5, 0.6) is 0 Å². The van der Waals surface area contributed by atoms with Gasteiger partial charge in [0.15, 0.2) is 0 Å². The van der Waals surface area contributed by atoms with Crippen LogP contribution in [-0.4, -0.2) is 133 Å². The minimum Gasteiger partial charge on any atom is -0.455 e. The maximum atomic E-state index is 13.6.